The van der Waals surface area contributed by atoms with Crippen LogP contribution < -0.4 is 10.0 Å². The maximum Gasteiger partial charge on any atom is 0.240 e. The van der Waals surface area contributed by atoms with Crippen molar-refractivity contribution in [1.82, 2.24) is 10.0 Å². The van der Waals surface area contributed by atoms with Gasteiger partial charge >= 0.3 is 0 Å². The lowest BCUT2D eigenvalue weighted by Gasteiger charge is -2.12. The third-order valence-corrected chi connectivity index (χ3v) is 4.53. The van der Waals surface area contributed by atoms with Crippen LogP contribution in [-0.4, -0.2) is 27.5 Å². The van der Waals surface area contributed by atoms with Gasteiger partial charge in [0.1, 0.15) is 0 Å². The van der Waals surface area contributed by atoms with Crippen LogP contribution in [0.3, 0.4) is 0 Å². The Morgan fingerprint density at radius 3 is 2.83 bits per heavy atom. The third kappa shape index (κ3) is 2.70. The second-order valence-corrected chi connectivity index (χ2v) is 6.11. The molecule has 5 nitrogen and oxygen atoms in total. The summed E-state index contributed by atoms with van der Waals surface area (Å²) < 4.78 is 26.9. The summed E-state index contributed by atoms with van der Waals surface area (Å²) in [7, 11) is -3.49. The summed E-state index contributed by atoms with van der Waals surface area (Å²) in [6.07, 6.45) is 0.800. The highest BCUT2D eigenvalue weighted by Gasteiger charge is 2.22. The van der Waals surface area contributed by atoms with Crippen LogP contribution in [0.5, 0.6) is 0 Å². The summed E-state index contributed by atoms with van der Waals surface area (Å²) in [5.41, 5.74) is 1.17. The van der Waals surface area contributed by atoms with Crippen molar-refractivity contribution in [3.8, 4) is 6.07 Å². The van der Waals surface area contributed by atoms with Crippen molar-refractivity contribution >= 4 is 10.0 Å². The molecule has 2 rings (SSSR count). The lowest BCUT2D eigenvalue weighted by molar-refractivity contribution is 0.560. The lowest BCUT2D eigenvalue weighted by atomic mass is 10.1. The molecule has 0 aromatic heterocycles. The second-order valence-electron chi connectivity index (χ2n) is 4.40. The van der Waals surface area contributed by atoms with Crippen LogP contribution >= 0.6 is 0 Å². The quantitative estimate of drug-likeness (QED) is 0.834. The molecule has 1 heterocycles. The van der Waals surface area contributed by atoms with E-state index in [1.165, 1.54) is 18.2 Å². The fourth-order valence-corrected chi connectivity index (χ4v) is 3.33. The Kier molecular flexibility index (Phi) is 3.66. The van der Waals surface area contributed by atoms with Gasteiger partial charge in [0.05, 0.1) is 16.5 Å². The lowest BCUT2D eigenvalue weighted by Crippen LogP contribution is -2.36. The number of aryl methyl sites for hydroxylation is 1. The zero-order chi connectivity index (χ0) is 13.2. The van der Waals surface area contributed by atoms with Gasteiger partial charge < -0.3 is 5.32 Å². The van der Waals surface area contributed by atoms with E-state index in [1.807, 2.05) is 6.07 Å². The summed E-state index contributed by atoms with van der Waals surface area (Å²) in [5, 5.41) is 11.9. The Hall–Kier alpha value is -1.42. The number of nitrogens with one attached hydrogen (secondary N) is 2. The SMILES string of the molecule is Cc1cc(S(=O)(=O)NC2CCNC2)ccc1C#N. The molecule has 1 aliphatic rings. The van der Waals surface area contributed by atoms with Crippen molar-refractivity contribution in [3.05, 3.63) is 29.3 Å². The minimum absolute atomic E-state index is 0.0500. The third-order valence-electron chi connectivity index (χ3n) is 3.01. The first kappa shape index (κ1) is 13.0. The fourth-order valence-electron chi connectivity index (χ4n) is 1.97. The average molecular weight is 265 g/mol. The molecule has 1 aromatic carbocycles. The van der Waals surface area contributed by atoms with Crippen molar-refractivity contribution in [2.75, 3.05) is 13.1 Å². The Balaban J connectivity index is 2.24. The van der Waals surface area contributed by atoms with Crippen LogP contribution in [-0.2, 0) is 10.0 Å². The Morgan fingerprint density at radius 1 is 1.50 bits per heavy atom. The number of nitrogens with zero attached hydrogens (tertiary/aromatic N) is 1. The molecule has 0 spiro atoms. The molecule has 1 aliphatic heterocycles. The van der Waals surface area contributed by atoms with Crippen LogP contribution in [0.15, 0.2) is 23.1 Å². The summed E-state index contributed by atoms with van der Waals surface area (Å²) in [4.78, 5) is 0.214. The predicted molar refractivity (Wildman–Crippen MR) is 67.5 cm³/mol. The number of hydrogen-bond acceptors (Lipinski definition) is 4. The summed E-state index contributed by atoms with van der Waals surface area (Å²) in [6, 6.07) is 6.51. The predicted octanol–water partition coefficient (Wildman–Crippen LogP) is 0.507. The van der Waals surface area contributed by atoms with Gasteiger partial charge in [-0.1, -0.05) is 0 Å². The van der Waals surface area contributed by atoms with Crippen LogP contribution in [0.25, 0.3) is 0 Å². The van der Waals surface area contributed by atoms with E-state index in [4.69, 9.17) is 5.26 Å². The van der Waals surface area contributed by atoms with Gasteiger partial charge in [0.2, 0.25) is 10.0 Å². The van der Waals surface area contributed by atoms with Gasteiger partial charge in [-0.05, 0) is 43.7 Å². The minimum Gasteiger partial charge on any atom is -0.315 e. The van der Waals surface area contributed by atoms with Gasteiger partial charge in [0.15, 0.2) is 0 Å². The first-order chi connectivity index (χ1) is 8.53. The van der Waals surface area contributed by atoms with Gasteiger partial charge in [-0.2, -0.15) is 5.26 Å². The van der Waals surface area contributed by atoms with Crippen molar-refractivity contribution in [3.63, 3.8) is 0 Å². The normalized spacial score (nSPS) is 19.7. The first-order valence-corrected chi connectivity index (χ1v) is 7.25. The van der Waals surface area contributed by atoms with Crippen molar-refractivity contribution in [1.29, 1.82) is 5.26 Å². The summed E-state index contributed by atoms with van der Waals surface area (Å²) >= 11 is 0. The van der Waals surface area contributed by atoms with Crippen molar-refractivity contribution < 1.29 is 8.42 Å². The zero-order valence-corrected chi connectivity index (χ0v) is 10.9. The van der Waals surface area contributed by atoms with E-state index in [9.17, 15) is 8.42 Å². The van der Waals surface area contributed by atoms with Crippen molar-refractivity contribution in [2.45, 2.75) is 24.3 Å². The van der Waals surface area contributed by atoms with Crippen molar-refractivity contribution in [2.24, 2.45) is 0 Å². The molecule has 0 bridgehead atoms. The molecule has 1 aromatic rings. The molecule has 0 aliphatic carbocycles. The molecule has 1 atom stereocenters. The highest BCUT2D eigenvalue weighted by molar-refractivity contribution is 7.89. The molecular weight excluding hydrogens is 250 g/mol. The zero-order valence-electron chi connectivity index (χ0n) is 10.1. The Bertz CT molecular complexity index is 584. The van der Waals surface area contributed by atoms with Crippen LogP contribution in [0.1, 0.15) is 17.5 Å². The molecule has 0 saturated carbocycles. The molecule has 1 unspecified atom stereocenters. The number of nitriles is 1. The molecule has 0 radical (unpaired) electrons. The average Bonchev–Trinajstić information content (AvgIpc) is 2.81. The number of rotatable bonds is 3. The first-order valence-electron chi connectivity index (χ1n) is 5.77. The molecule has 2 N–H and O–H groups in total. The van der Waals surface area contributed by atoms with E-state index in [0.717, 1.165) is 13.0 Å². The molecular formula is C12H15N3O2S. The van der Waals surface area contributed by atoms with Gasteiger partial charge in [-0.25, -0.2) is 13.1 Å². The maximum absolute atomic E-state index is 12.1. The molecule has 18 heavy (non-hydrogen) atoms. The maximum atomic E-state index is 12.1. The van der Waals surface area contributed by atoms with Gasteiger partial charge in [-0.15, -0.1) is 0 Å². The van der Waals surface area contributed by atoms with E-state index in [-0.39, 0.29) is 10.9 Å². The van der Waals surface area contributed by atoms with Crippen LogP contribution in [0.4, 0.5) is 0 Å². The fraction of sp³-hybridized carbons (Fsp3) is 0.417. The largest absolute Gasteiger partial charge is 0.315 e. The molecule has 6 heteroatoms. The Morgan fingerprint density at radius 2 is 2.28 bits per heavy atom. The standard InChI is InChI=1S/C12H15N3O2S/c1-9-6-12(3-2-10(9)7-13)18(16,17)15-11-4-5-14-8-11/h2-3,6,11,14-15H,4-5,8H2,1H3. The number of hydrogen-bond donors (Lipinski definition) is 2. The monoisotopic (exact) mass is 265 g/mol. The summed E-state index contributed by atoms with van der Waals surface area (Å²) in [5.74, 6) is 0. The minimum atomic E-state index is -3.49. The topological polar surface area (TPSA) is 82.0 Å². The number of benzene rings is 1. The highest BCUT2D eigenvalue weighted by atomic mass is 32.2. The van der Waals surface area contributed by atoms with Gasteiger partial charge in [0.25, 0.3) is 0 Å². The van der Waals surface area contributed by atoms with E-state index in [2.05, 4.69) is 10.0 Å². The Labute approximate surface area is 107 Å². The molecule has 0 amide bonds. The molecule has 1 fully saturated rings. The van der Waals surface area contributed by atoms with E-state index in [0.29, 0.717) is 17.7 Å². The molecule has 96 valence electrons. The van der Waals surface area contributed by atoms with E-state index < -0.39 is 10.0 Å². The smallest absolute Gasteiger partial charge is 0.240 e. The summed E-state index contributed by atoms with van der Waals surface area (Å²) in [6.45, 7) is 3.22. The van der Waals surface area contributed by atoms with Gasteiger partial charge in [0, 0.05) is 12.6 Å². The second kappa shape index (κ2) is 5.06. The van der Waals surface area contributed by atoms with Gasteiger partial charge in [-0.3, -0.25) is 0 Å². The van der Waals surface area contributed by atoms with E-state index in [1.54, 1.807) is 6.92 Å². The van der Waals surface area contributed by atoms with Crippen LogP contribution in [0.2, 0.25) is 0 Å². The van der Waals surface area contributed by atoms with E-state index >= 15 is 0 Å². The van der Waals surface area contributed by atoms with Crippen LogP contribution in [0, 0.1) is 18.3 Å². The molecule has 1 saturated heterocycles. The highest BCUT2D eigenvalue weighted by Crippen LogP contribution is 2.15. The number of sulfonamides is 1.